The summed E-state index contributed by atoms with van der Waals surface area (Å²) in [6.45, 7) is 9.70. The lowest BCUT2D eigenvalue weighted by molar-refractivity contribution is 0.0947. The Morgan fingerprint density at radius 1 is 1.30 bits per heavy atom. The topological polar surface area (TPSA) is 67.2 Å². The molecular weight excluding hydrogens is 292 g/mol. The molecule has 6 nitrogen and oxygen atoms in total. The maximum Gasteiger partial charge on any atom is 0.265 e. The van der Waals surface area contributed by atoms with Crippen molar-refractivity contribution in [3.8, 4) is 0 Å². The van der Waals surface area contributed by atoms with Gasteiger partial charge in [0.25, 0.3) is 11.5 Å². The van der Waals surface area contributed by atoms with Crippen LogP contribution in [0.5, 0.6) is 0 Å². The maximum atomic E-state index is 12.5. The number of amides is 1. The highest BCUT2D eigenvalue weighted by atomic mass is 16.2. The zero-order valence-corrected chi connectivity index (χ0v) is 14.0. The molecule has 0 bridgehead atoms. The van der Waals surface area contributed by atoms with Gasteiger partial charge in [-0.25, -0.2) is 4.98 Å². The Bertz CT molecular complexity index is 735. The van der Waals surface area contributed by atoms with Crippen LogP contribution in [-0.4, -0.2) is 46.5 Å². The van der Waals surface area contributed by atoms with Crippen LogP contribution in [-0.2, 0) is 6.54 Å². The average molecular weight is 316 g/mol. The summed E-state index contributed by atoms with van der Waals surface area (Å²) in [6, 6.07) is 5.29. The molecule has 0 aliphatic carbocycles. The van der Waals surface area contributed by atoms with Crippen LogP contribution in [0.2, 0.25) is 0 Å². The van der Waals surface area contributed by atoms with Gasteiger partial charge in [0.15, 0.2) is 0 Å². The predicted octanol–water partition coefficient (Wildman–Crippen LogP) is 1.49. The SMILES string of the molecule is CCN(CC)CCNC(=O)c1cc2cccnc2n(CC)c1=O. The van der Waals surface area contributed by atoms with Crippen LogP contribution in [0.3, 0.4) is 0 Å². The van der Waals surface area contributed by atoms with Gasteiger partial charge in [0, 0.05) is 31.2 Å². The normalized spacial score (nSPS) is 11.1. The highest BCUT2D eigenvalue weighted by Gasteiger charge is 2.15. The van der Waals surface area contributed by atoms with Crippen molar-refractivity contribution >= 4 is 16.9 Å². The van der Waals surface area contributed by atoms with E-state index in [9.17, 15) is 9.59 Å². The maximum absolute atomic E-state index is 12.5. The third-order valence-electron chi connectivity index (χ3n) is 4.02. The molecule has 0 atom stereocenters. The van der Waals surface area contributed by atoms with Crippen LogP contribution in [0, 0.1) is 0 Å². The molecule has 6 heteroatoms. The molecule has 0 radical (unpaired) electrons. The molecule has 0 aromatic carbocycles. The lowest BCUT2D eigenvalue weighted by Gasteiger charge is -2.18. The summed E-state index contributed by atoms with van der Waals surface area (Å²) < 4.78 is 1.54. The van der Waals surface area contributed by atoms with Gasteiger partial charge in [0.05, 0.1) is 0 Å². The van der Waals surface area contributed by atoms with Crippen molar-refractivity contribution in [3.05, 3.63) is 40.3 Å². The number of nitrogens with one attached hydrogen (secondary N) is 1. The van der Waals surface area contributed by atoms with E-state index in [1.165, 1.54) is 4.57 Å². The van der Waals surface area contributed by atoms with Crippen LogP contribution in [0.25, 0.3) is 11.0 Å². The number of likely N-dealkylation sites (N-methyl/N-ethyl adjacent to an activating group) is 1. The summed E-state index contributed by atoms with van der Waals surface area (Å²) in [5, 5.41) is 3.63. The van der Waals surface area contributed by atoms with Gasteiger partial charge < -0.3 is 10.2 Å². The van der Waals surface area contributed by atoms with Gasteiger partial charge in [-0.3, -0.25) is 14.2 Å². The number of carbonyl (C=O) groups is 1. The van der Waals surface area contributed by atoms with Crippen molar-refractivity contribution in [3.63, 3.8) is 0 Å². The third-order valence-corrected chi connectivity index (χ3v) is 4.02. The number of hydrogen-bond acceptors (Lipinski definition) is 4. The second-order valence-corrected chi connectivity index (χ2v) is 5.31. The van der Waals surface area contributed by atoms with E-state index in [1.54, 1.807) is 18.3 Å². The van der Waals surface area contributed by atoms with Gasteiger partial charge in [0.1, 0.15) is 11.2 Å². The van der Waals surface area contributed by atoms with Crippen LogP contribution in [0.4, 0.5) is 0 Å². The van der Waals surface area contributed by atoms with E-state index in [4.69, 9.17) is 0 Å². The van der Waals surface area contributed by atoms with Crippen LogP contribution < -0.4 is 10.9 Å². The van der Waals surface area contributed by atoms with Crippen molar-refractivity contribution in [1.29, 1.82) is 0 Å². The standard InChI is InChI=1S/C17H24N4O2/c1-4-20(5-2)11-10-19-16(22)14-12-13-8-7-9-18-15(13)21(6-3)17(14)23/h7-9,12H,4-6,10-11H2,1-3H3,(H,19,22). The zero-order chi connectivity index (χ0) is 16.8. The Morgan fingerprint density at radius 3 is 2.70 bits per heavy atom. The Kier molecular flexibility index (Phi) is 5.87. The molecule has 0 fully saturated rings. The zero-order valence-electron chi connectivity index (χ0n) is 14.0. The average Bonchev–Trinajstić information content (AvgIpc) is 2.58. The minimum Gasteiger partial charge on any atom is -0.351 e. The second kappa shape index (κ2) is 7.87. The molecular formula is C17H24N4O2. The minimum atomic E-state index is -0.324. The Labute approximate surface area is 136 Å². The van der Waals surface area contributed by atoms with E-state index in [0.717, 1.165) is 25.0 Å². The second-order valence-electron chi connectivity index (χ2n) is 5.31. The molecule has 124 valence electrons. The number of rotatable bonds is 7. The van der Waals surface area contributed by atoms with E-state index < -0.39 is 0 Å². The first kappa shape index (κ1) is 17.1. The first-order chi connectivity index (χ1) is 11.1. The Hall–Kier alpha value is -2.21. The lowest BCUT2D eigenvalue weighted by atomic mass is 10.2. The van der Waals surface area contributed by atoms with Crippen molar-refractivity contribution < 1.29 is 4.79 Å². The fourth-order valence-electron chi connectivity index (χ4n) is 2.63. The van der Waals surface area contributed by atoms with Crippen LogP contribution >= 0.6 is 0 Å². The van der Waals surface area contributed by atoms with Gasteiger partial charge >= 0.3 is 0 Å². The molecule has 2 heterocycles. The highest BCUT2D eigenvalue weighted by molar-refractivity contribution is 5.96. The van der Waals surface area contributed by atoms with E-state index >= 15 is 0 Å². The van der Waals surface area contributed by atoms with Crippen LogP contribution in [0.15, 0.2) is 29.2 Å². The minimum absolute atomic E-state index is 0.173. The molecule has 0 aliphatic heterocycles. The third kappa shape index (κ3) is 3.76. The summed E-state index contributed by atoms with van der Waals surface area (Å²) in [6.07, 6.45) is 1.65. The summed E-state index contributed by atoms with van der Waals surface area (Å²) in [7, 11) is 0. The molecule has 0 saturated carbocycles. The molecule has 2 aromatic heterocycles. The van der Waals surface area contributed by atoms with Gasteiger partial charge in [0.2, 0.25) is 0 Å². The molecule has 2 rings (SSSR count). The fraction of sp³-hybridized carbons (Fsp3) is 0.471. The highest BCUT2D eigenvalue weighted by Crippen LogP contribution is 2.10. The summed E-state index contributed by atoms with van der Waals surface area (Å²) in [4.78, 5) is 31.4. The van der Waals surface area contributed by atoms with Crippen LogP contribution in [0.1, 0.15) is 31.1 Å². The van der Waals surface area contributed by atoms with Crippen molar-refractivity contribution in [2.45, 2.75) is 27.3 Å². The van der Waals surface area contributed by atoms with Crippen molar-refractivity contribution in [2.24, 2.45) is 0 Å². The van der Waals surface area contributed by atoms with Gasteiger partial charge in [-0.2, -0.15) is 0 Å². The number of pyridine rings is 2. The summed E-state index contributed by atoms with van der Waals surface area (Å²) >= 11 is 0. The lowest BCUT2D eigenvalue weighted by Crippen LogP contribution is -2.38. The predicted molar refractivity (Wildman–Crippen MR) is 91.8 cm³/mol. The Balaban J connectivity index is 2.24. The molecule has 0 spiro atoms. The number of aromatic nitrogens is 2. The van der Waals surface area contributed by atoms with E-state index in [1.807, 2.05) is 13.0 Å². The van der Waals surface area contributed by atoms with Gasteiger partial charge in [-0.15, -0.1) is 0 Å². The monoisotopic (exact) mass is 316 g/mol. The summed E-state index contributed by atoms with van der Waals surface area (Å²) in [5.41, 5.74) is 0.491. The number of fused-ring (bicyclic) bond motifs is 1. The van der Waals surface area contributed by atoms with E-state index in [0.29, 0.717) is 18.7 Å². The van der Waals surface area contributed by atoms with Crippen molar-refractivity contribution in [1.82, 2.24) is 19.8 Å². The first-order valence-electron chi connectivity index (χ1n) is 8.11. The van der Waals surface area contributed by atoms with Gasteiger partial charge in [-0.05, 0) is 38.2 Å². The molecule has 0 aliphatic rings. The Morgan fingerprint density at radius 2 is 2.04 bits per heavy atom. The quantitative estimate of drug-likeness (QED) is 0.840. The van der Waals surface area contributed by atoms with E-state index in [2.05, 4.69) is 29.0 Å². The number of carbonyl (C=O) groups excluding carboxylic acids is 1. The number of hydrogen-bond donors (Lipinski definition) is 1. The van der Waals surface area contributed by atoms with E-state index in [-0.39, 0.29) is 17.0 Å². The molecule has 0 unspecified atom stereocenters. The summed E-state index contributed by atoms with van der Waals surface area (Å²) in [5.74, 6) is -0.324. The molecule has 23 heavy (non-hydrogen) atoms. The number of aryl methyl sites for hydroxylation is 1. The molecule has 2 aromatic rings. The molecule has 0 saturated heterocycles. The molecule has 1 amide bonds. The molecule has 1 N–H and O–H groups in total. The smallest absolute Gasteiger partial charge is 0.265 e. The largest absolute Gasteiger partial charge is 0.351 e. The first-order valence-corrected chi connectivity index (χ1v) is 8.11. The van der Waals surface area contributed by atoms with Crippen molar-refractivity contribution in [2.75, 3.05) is 26.2 Å². The number of nitrogens with zero attached hydrogens (tertiary/aromatic N) is 3. The van der Waals surface area contributed by atoms with Gasteiger partial charge in [-0.1, -0.05) is 13.8 Å². The fourth-order valence-corrected chi connectivity index (χ4v) is 2.63.